The fraction of sp³-hybridized carbons (Fsp3) is 0.133. The number of halogens is 3. The molecule has 0 unspecified atom stereocenters. The molecule has 0 saturated heterocycles. The molecule has 5 heteroatoms. The fourth-order valence-electron chi connectivity index (χ4n) is 2.07. The van der Waals surface area contributed by atoms with E-state index in [2.05, 4.69) is 0 Å². The van der Waals surface area contributed by atoms with E-state index in [1.54, 1.807) is 24.3 Å². The second kappa shape index (κ2) is 5.63. The van der Waals surface area contributed by atoms with Crippen molar-refractivity contribution in [3.63, 3.8) is 0 Å². The van der Waals surface area contributed by atoms with Crippen LogP contribution in [-0.2, 0) is 12.6 Å². The zero-order valence-corrected chi connectivity index (χ0v) is 11.3. The molecule has 0 aliphatic carbocycles. The minimum Gasteiger partial charge on any atom is -0.389 e. The Morgan fingerprint density at radius 3 is 2.20 bits per heavy atom. The van der Waals surface area contributed by atoms with Gasteiger partial charge in [-0.3, -0.25) is 0 Å². The van der Waals surface area contributed by atoms with Crippen LogP contribution in [0.15, 0.2) is 48.5 Å². The van der Waals surface area contributed by atoms with Gasteiger partial charge in [-0.1, -0.05) is 54.7 Å². The second-order valence-corrected chi connectivity index (χ2v) is 4.80. The predicted octanol–water partition coefficient (Wildman–Crippen LogP) is 3.93. The lowest BCUT2D eigenvalue weighted by Crippen LogP contribution is -2.17. The van der Waals surface area contributed by atoms with Gasteiger partial charge in [0.1, 0.15) is 4.99 Å². The van der Waals surface area contributed by atoms with Crippen molar-refractivity contribution in [2.45, 2.75) is 12.6 Å². The SMILES string of the molecule is NC(=S)c1cccc(C(F)(F)F)c1Cc1ccccc1. The molecule has 0 saturated carbocycles. The van der Waals surface area contributed by atoms with Crippen LogP contribution in [0.4, 0.5) is 13.2 Å². The van der Waals surface area contributed by atoms with Gasteiger partial charge in [0, 0.05) is 5.56 Å². The first-order valence-corrected chi connectivity index (χ1v) is 6.33. The maximum absolute atomic E-state index is 13.1. The summed E-state index contributed by atoms with van der Waals surface area (Å²) in [5, 5.41) is 0. The highest BCUT2D eigenvalue weighted by Gasteiger charge is 2.34. The third-order valence-electron chi connectivity index (χ3n) is 2.97. The van der Waals surface area contributed by atoms with Gasteiger partial charge < -0.3 is 5.73 Å². The molecule has 0 bridgehead atoms. The van der Waals surface area contributed by atoms with Gasteiger partial charge in [0.15, 0.2) is 0 Å². The zero-order valence-electron chi connectivity index (χ0n) is 10.4. The second-order valence-electron chi connectivity index (χ2n) is 4.36. The monoisotopic (exact) mass is 295 g/mol. The summed E-state index contributed by atoms with van der Waals surface area (Å²) in [6, 6.07) is 12.8. The highest BCUT2D eigenvalue weighted by molar-refractivity contribution is 7.80. The van der Waals surface area contributed by atoms with Crippen LogP contribution in [0.5, 0.6) is 0 Å². The van der Waals surface area contributed by atoms with E-state index in [1.165, 1.54) is 12.1 Å². The Bertz CT molecular complexity index is 621. The van der Waals surface area contributed by atoms with Crippen LogP contribution in [0.3, 0.4) is 0 Å². The topological polar surface area (TPSA) is 26.0 Å². The van der Waals surface area contributed by atoms with Gasteiger partial charge in [0.25, 0.3) is 0 Å². The lowest BCUT2D eigenvalue weighted by atomic mass is 9.94. The summed E-state index contributed by atoms with van der Waals surface area (Å²) in [7, 11) is 0. The number of hydrogen-bond donors (Lipinski definition) is 1. The van der Waals surface area contributed by atoms with Gasteiger partial charge in [-0.15, -0.1) is 0 Å². The Hall–Kier alpha value is -1.88. The van der Waals surface area contributed by atoms with Crippen molar-refractivity contribution in [3.8, 4) is 0 Å². The summed E-state index contributed by atoms with van der Waals surface area (Å²) in [6.07, 6.45) is -4.28. The summed E-state index contributed by atoms with van der Waals surface area (Å²) < 4.78 is 39.3. The Kier molecular flexibility index (Phi) is 4.09. The quantitative estimate of drug-likeness (QED) is 0.868. The summed E-state index contributed by atoms with van der Waals surface area (Å²) in [5.74, 6) is 0. The van der Waals surface area contributed by atoms with Crippen molar-refractivity contribution in [3.05, 3.63) is 70.8 Å². The molecular weight excluding hydrogens is 283 g/mol. The van der Waals surface area contributed by atoms with Crippen molar-refractivity contribution >= 4 is 17.2 Å². The zero-order chi connectivity index (χ0) is 14.8. The molecule has 0 radical (unpaired) electrons. The minimum atomic E-state index is -4.43. The predicted molar refractivity (Wildman–Crippen MR) is 76.6 cm³/mol. The Morgan fingerprint density at radius 1 is 1.00 bits per heavy atom. The molecule has 0 amide bonds. The summed E-state index contributed by atoms with van der Waals surface area (Å²) >= 11 is 4.86. The lowest BCUT2D eigenvalue weighted by molar-refractivity contribution is -0.138. The van der Waals surface area contributed by atoms with Crippen molar-refractivity contribution in [2.75, 3.05) is 0 Å². The molecule has 0 spiro atoms. The van der Waals surface area contributed by atoms with Gasteiger partial charge in [-0.05, 0) is 23.6 Å². The van der Waals surface area contributed by atoms with Crippen molar-refractivity contribution in [1.82, 2.24) is 0 Å². The van der Waals surface area contributed by atoms with E-state index in [0.29, 0.717) is 0 Å². The molecule has 0 heterocycles. The number of hydrogen-bond acceptors (Lipinski definition) is 1. The van der Waals surface area contributed by atoms with Gasteiger partial charge in [0.2, 0.25) is 0 Å². The van der Waals surface area contributed by atoms with E-state index < -0.39 is 11.7 Å². The molecular formula is C15H12F3NS. The largest absolute Gasteiger partial charge is 0.416 e. The summed E-state index contributed by atoms with van der Waals surface area (Å²) in [4.78, 5) is -0.0259. The number of rotatable bonds is 3. The first-order valence-electron chi connectivity index (χ1n) is 5.92. The molecule has 0 aliphatic rings. The van der Waals surface area contributed by atoms with E-state index in [-0.39, 0.29) is 22.5 Å². The third-order valence-corrected chi connectivity index (χ3v) is 3.19. The standard InChI is InChI=1S/C15H12F3NS/c16-15(17,18)13-8-4-7-11(14(19)20)12(13)9-10-5-2-1-3-6-10/h1-8H,9H2,(H2,19,20). The molecule has 0 aliphatic heterocycles. The van der Waals surface area contributed by atoms with Crippen molar-refractivity contribution in [2.24, 2.45) is 5.73 Å². The molecule has 1 nitrogen and oxygen atoms in total. The molecule has 0 aromatic heterocycles. The van der Waals surface area contributed by atoms with E-state index in [4.69, 9.17) is 18.0 Å². The van der Waals surface area contributed by atoms with Crippen LogP contribution in [-0.4, -0.2) is 4.99 Å². The highest BCUT2D eigenvalue weighted by atomic mass is 32.1. The van der Waals surface area contributed by atoms with Crippen molar-refractivity contribution < 1.29 is 13.2 Å². The van der Waals surface area contributed by atoms with Crippen LogP contribution in [0.1, 0.15) is 22.3 Å². The summed E-state index contributed by atoms with van der Waals surface area (Å²) in [5.41, 5.74) is 6.04. The van der Waals surface area contributed by atoms with Gasteiger partial charge in [-0.25, -0.2) is 0 Å². The molecule has 2 rings (SSSR count). The molecule has 20 heavy (non-hydrogen) atoms. The first-order chi connectivity index (χ1) is 9.39. The van der Waals surface area contributed by atoms with Crippen LogP contribution < -0.4 is 5.73 Å². The minimum absolute atomic E-state index is 0.0259. The van der Waals surface area contributed by atoms with E-state index >= 15 is 0 Å². The van der Waals surface area contributed by atoms with Gasteiger partial charge in [0.05, 0.1) is 5.56 Å². The lowest BCUT2D eigenvalue weighted by Gasteiger charge is -2.16. The van der Waals surface area contributed by atoms with E-state index in [9.17, 15) is 13.2 Å². The molecule has 2 aromatic rings. The van der Waals surface area contributed by atoms with Gasteiger partial charge in [-0.2, -0.15) is 13.2 Å². The fourth-order valence-corrected chi connectivity index (χ4v) is 2.26. The maximum Gasteiger partial charge on any atom is 0.416 e. The number of alkyl halides is 3. The highest BCUT2D eigenvalue weighted by Crippen LogP contribution is 2.34. The molecule has 2 N–H and O–H groups in total. The normalized spacial score (nSPS) is 11.3. The Labute approximate surface area is 120 Å². The number of benzene rings is 2. The van der Waals surface area contributed by atoms with E-state index in [1.807, 2.05) is 6.07 Å². The summed E-state index contributed by atoms with van der Waals surface area (Å²) in [6.45, 7) is 0. The van der Waals surface area contributed by atoms with Crippen LogP contribution in [0, 0.1) is 0 Å². The van der Waals surface area contributed by atoms with Crippen molar-refractivity contribution in [1.29, 1.82) is 0 Å². The maximum atomic E-state index is 13.1. The van der Waals surface area contributed by atoms with E-state index in [0.717, 1.165) is 11.6 Å². The Balaban J connectivity index is 2.56. The molecule has 0 fully saturated rings. The molecule has 104 valence electrons. The Morgan fingerprint density at radius 2 is 1.65 bits per heavy atom. The van der Waals surface area contributed by atoms with Crippen LogP contribution in [0.25, 0.3) is 0 Å². The number of nitrogens with two attached hydrogens (primary N) is 1. The third kappa shape index (κ3) is 3.17. The van der Waals surface area contributed by atoms with Crippen LogP contribution in [0.2, 0.25) is 0 Å². The van der Waals surface area contributed by atoms with Crippen LogP contribution >= 0.6 is 12.2 Å². The average molecular weight is 295 g/mol. The number of thiocarbonyl (C=S) groups is 1. The molecule has 2 aromatic carbocycles. The smallest absolute Gasteiger partial charge is 0.389 e. The molecule has 0 atom stereocenters. The van der Waals surface area contributed by atoms with Gasteiger partial charge >= 0.3 is 6.18 Å². The average Bonchev–Trinajstić information content (AvgIpc) is 2.38. The first kappa shape index (κ1) is 14.5.